The molecule has 0 atom stereocenters. The molecule has 10 heteroatoms. The van der Waals surface area contributed by atoms with E-state index in [9.17, 15) is 26.4 Å². The number of para-hydroxylation sites is 1. The molecule has 1 fully saturated rings. The van der Waals surface area contributed by atoms with E-state index in [-0.39, 0.29) is 24.7 Å². The monoisotopic (exact) mass is 403 g/mol. The Morgan fingerprint density at radius 1 is 1.19 bits per heavy atom. The molecule has 0 unspecified atom stereocenters. The van der Waals surface area contributed by atoms with Gasteiger partial charge < -0.3 is 10.2 Å². The van der Waals surface area contributed by atoms with Crippen molar-refractivity contribution in [1.29, 1.82) is 0 Å². The van der Waals surface area contributed by atoms with Crippen LogP contribution in [0, 0.1) is 12.3 Å². The summed E-state index contributed by atoms with van der Waals surface area (Å²) in [5.41, 5.74) is -5.34. The molecule has 6 nitrogen and oxygen atoms in total. The summed E-state index contributed by atoms with van der Waals surface area (Å²) >= 11 is 0. The van der Waals surface area contributed by atoms with Crippen LogP contribution in [0.15, 0.2) is 29.2 Å². The fourth-order valence-corrected chi connectivity index (χ4v) is 3.83. The van der Waals surface area contributed by atoms with Gasteiger partial charge in [0.15, 0.2) is 0 Å². The molecule has 1 amide bonds. The first-order chi connectivity index (χ1) is 12.7. The van der Waals surface area contributed by atoms with E-state index in [4.69, 9.17) is 6.42 Å². The molecule has 1 aromatic rings. The molecule has 27 heavy (non-hydrogen) atoms. The van der Waals surface area contributed by atoms with Gasteiger partial charge in [0.2, 0.25) is 5.91 Å². The summed E-state index contributed by atoms with van der Waals surface area (Å²) in [7, 11) is -5.45. The summed E-state index contributed by atoms with van der Waals surface area (Å²) < 4.78 is 62.7. The molecule has 0 saturated carbocycles. The van der Waals surface area contributed by atoms with Gasteiger partial charge in [0.25, 0.3) is 9.84 Å². The van der Waals surface area contributed by atoms with Crippen LogP contribution in [0.3, 0.4) is 0 Å². The lowest BCUT2D eigenvalue weighted by Crippen LogP contribution is -2.39. The Morgan fingerprint density at radius 2 is 1.89 bits per heavy atom. The second-order valence-corrected chi connectivity index (χ2v) is 7.92. The Kier molecular flexibility index (Phi) is 6.73. The van der Waals surface area contributed by atoms with E-state index in [0.29, 0.717) is 32.6 Å². The Morgan fingerprint density at radius 3 is 2.56 bits per heavy atom. The van der Waals surface area contributed by atoms with E-state index in [0.717, 1.165) is 6.07 Å². The predicted molar refractivity (Wildman–Crippen MR) is 94.8 cm³/mol. The van der Waals surface area contributed by atoms with Crippen LogP contribution in [0.25, 0.3) is 0 Å². The van der Waals surface area contributed by atoms with Gasteiger partial charge >= 0.3 is 5.51 Å². The number of benzene rings is 1. The molecule has 0 bridgehead atoms. The van der Waals surface area contributed by atoms with E-state index in [1.807, 2.05) is 4.90 Å². The number of hydrogen-bond acceptors (Lipinski definition) is 5. The first kappa shape index (κ1) is 21.1. The van der Waals surface area contributed by atoms with Crippen molar-refractivity contribution < 1.29 is 26.4 Å². The molecular weight excluding hydrogens is 383 g/mol. The molecule has 0 aliphatic carbocycles. The van der Waals surface area contributed by atoms with E-state index in [2.05, 4.69) is 11.2 Å². The SMILES string of the molecule is C#CCNC(=O)CN1CCCN(c2ccccc2S(=O)(=O)C(F)(F)F)CC1. The van der Waals surface area contributed by atoms with Crippen molar-refractivity contribution in [1.82, 2.24) is 10.2 Å². The Hall–Kier alpha value is -2.25. The summed E-state index contributed by atoms with van der Waals surface area (Å²) in [4.78, 5) is 14.5. The Labute approximate surface area is 156 Å². The van der Waals surface area contributed by atoms with Crippen LogP contribution in [0.5, 0.6) is 0 Å². The maximum absolute atomic E-state index is 13.0. The molecule has 2 rings (SSSR count). The number of nitrogens with zero attached hydrogens (tertiary/aromatic N) is 2. The highest BCUT2D eigenvalue weighted by atomic mass is 32.2. The fraction of sp³-hybridized carbons (Fsp3) is 0.471. The van der Waals surface area contributed by atoms with E-state index < -0.39 is 20.2 Å². The van der Waals surface area contributed by atoms with Gasteiger partial charge in [-0.3, -0.25) is 9.69 Å². The number of alkyl halides is 3. The summed E-state index contributed by atoms with van der Waals surface area (Å²) in [5, 5.41) is 2.55. The molecule has 1 saturated heterocycles. The average molecular weight is 403 g/mol. The topological polar surface area (TPSA) is 69.7 Å². The number of sulfone groups is 1. The van der Waals surface area contributed by atoms with Crippen LogP contribution in [0.2, 0.25) is 0 Å². The first-order valence-corrected chi connectivity index (χ1v) is 9.73. The minimum absolute atomic E-state index is 0.0217. The standard InChI is InChI=1S/C17H20F3N3O3S/c1-2-8-21-16(24)13-22-9-5-10-23(12-11-22)14-6-3-4-7-15(14)27(25,26)17(18,19)20/h1,3-4,6-7H,5,8-13H2,(H,21,24). The zero-order valence-corrected chi connectivity index (χ0v) is 15.3. The average Bonchev–Trinajstić information content (AvgIpc) is 2.84. The van der Waals surface area contributed by atoms with Crippen LogP contribution >= 0.6 is 0 Å². The third kappa shape index (κ3) is 5.14. The van der Waals surface area contributed by atoms with Gasteiger partial charge in [-0.25, -0.2) is 8.42 Å². The highest BCUT2D eigenvalue weighted by Crippen LogP contribution is 2.36. The number of rotatable bonds is 5. The number of amides is 1. The molecule has 1 N–H and O–H groups in total. The molecule has 1 heterocycles. The third-order valence-corrected chi connectivity index (χ3v) is 5.68. The van der Waals surface area contributed by atoms with Gasteiger partial charge in [-0.2, -0.15) is 13.2 Å². The lowest BCUT2D eigenvalue weighted by atomic mass is 10.2. The largest absolute Gasteiger partial charge is 0.501 e. The smallest absolute Gasteiger partial charge is 0.369 e. The van der Waals surface area contributed by atoms with Gasteiger partial charge in [0.1, 0.15) is 0 Å². The van der Waals surface area contributed by atoms with Crippen LogP contribution < -0.4 is 10.2 Å². The number of terminal acetylenes is 1. The second-order valence-electron chi connectivity index (χ2n) is 6.01. The van der Waals surface area contributed by atoms with Gasteiger partial charge in [-0.05, 0) is 18.6 Å². The van der Waals surface area contributed by atoms with Gasteiger partial charge in [0, 0.05) is 26.2 Å². The summed E-state index contributed by atoms with van der Waals surface area (Å²) in [6, 6.07) is 5.10. The number of anilines is 1. The number of halogens is 3. The number of nitrogens with one attached hydrogen (secondary N) is 1. The van der Waals surface area contributed by atoms with Crippen LogP contribution in [-0.2, 0) is 14.6 Å². The highest BCUT2D eigenvalue weighted by Gasteiger charge is 2.48. The molecule has 0 spiro atoms. The van der Waals surface area contributed by atoms with Gasteiger partial charge in [-0.15, -0.1) is 6.42 Å². The van der Waals surface area contributed by atoms with E-state index >= 15 is 0 Å². The Balaban J connectivity index is 2.15. The molecular formula is C17H20F3N3O3S. The zero-order valence-electron chi connectivity index (χ0n) is 14.5. The van der Waals surface area contributed by atoms with Crippen molar-refractivity contribution in [3.63, 3.8) is 0 Å². The van der Waals surface area contributed by atoms with Crippen LogP contribution in [0.4, 0.5) is 18.9 Å². The fourth-order valence-electron chi connectivity index (χ4n) is 2.85. The maximum Gasteiger partial charge on any atom is 0.501 e. The van der Waals surface area contributed by atoms with Gasteiger partial charge in [-0.1, -0.05) is 18.1 Å². The first-order valence-electron chi connectivity index (χ1n) is 8.24. The van der Waals surface area contributed by atoms with Crippen molar-refractivity contribution in [3.8, 4) is 12.3 Å². The molecule has 148 valence electrons. The number of carbonyl (C=O) groups is 1. The normalized spacial score (nSPS) is 16.4. The van der Waals surface area contributed by atoms with Crippen LogP contribution in [-0.4, -0.2) is 64.0 Å². The lowest BCUT2D eigenvalue weighted by Gasteiger charge is -2.26. The highest BCUT2D eigenvalue weighted by molar-refractivity contribution is 7.92. The van der Waals surface area contributed by atoms with Crippen molar-refractivity contribution in [2.24, 2.45) is 0 Å². The molecule has 0 radical (unpaired) electrons. The quantitative estimate of drug-likeness (QED) is 0.750. The minimum Gasteiger partial charge on any atom is -0.369 e. The summed E-state index contributed by atoms with van der Waals surface area (Å²) in [5.74, 6) is 2.07. The maximum atomic E-state index is 13.0. The third-order valence-electron chi connectivity index (χ3n) is 4.14. The zero-order chi connectivity index (χ0) is 20.1. The molecule has 1 aliphatic heterocycles. The van der Waals surface area contributed by atoms with Crippen molar-refractivity contribution >= 4 is 21.4 Å². The van der Waals surface area contributed by atoms with Crippen LogP contribution in [0.1, 0.15) is 6.42 Å². The predicted octanol–water partition coefficient (Wildman–Crippen LogP) is 1.24. The van der Waals surface area contributed by atoms with Gasteiger partial charge in [0.05, 0.1) is 23.7 Å². The number of hydrogen-bond donors (Lipinski definition) is 1. The molecule has 0 aromatic heterocycles. The van der Waals surface area contributed by atoms with Crippen molar-refractivity contribution in [3.05, 3.63) is 24.3 Å². The second kappa shape index (κ2) is 8.63. The summed E-state index contributed by atoms with van der Waals surface area (Å²) in [6.45, 7) is 1.90. The van der Waals surface area contributed by atoms with Crippen molar-refractivity contribution in [2.45, 2.75) is 16.8 Å². The molecule has 1 aliphatic rings. The number of carbonyl (C=O) groups excluding carboxylic acids is 1. The van der Waals surface area contributed by atoms with Crippen molar-refractivity contribution in [2.75, 3.05) is 44.2 Å². The van der Waals surface area contributed by atoms with E-state index in [1.165, 1.54) is 18.2 Å². The van der Waals surface area contributed by atoms with E-state index in [1.54, 1.807) is 4.90 Å². The minimum atomic E-state index is -5.45. The molecule has 1 aromatic carbocycles. The Bertz CT molecular complexity index is 819. The summed E-state index contributed by atoms with van der Waals surface area (Å²) in [6.07, 6.45) is 5.66. The lowest BCUT2D eigenvalue weighted by molar-refractivity contribution is -0.121.